The second kappa shape index (κ2) is 8.00. The SMILES string of the molecule is CCc1cccc(C)c1NC(=O)N1CCN(S(=O)(=O)[C@@H]2CCS(=O)(=O)C2)CC1. The standard InChI is InChI=1S/C18H27N3O5S2/c1-3-15-6-4-5-14(2)17(15)19-18(22)20-8-10-21(11-9-20)28(25,26)16-7-12-27(23,24)13-16/h4-6,16H,3,7-13H2,1-2H3,(H,19,22)/t16-/m1/s1. The summed E-state index contributed by atoms with van der Waals surface area (Å²) in [5.74, 6) is -0.376. The van der Waals surface area contributed by atoms with E-state index in [1.807, 2.05) is 32.0 Å². The Balaban J connectivity index is 1.62. The third-order valence-electron chi connectivity index (χ3n) is 5.47. The molecule has 2 fully saturated rings. The second-order valence-corrected chi connectivity index (χ2v) is 11.8. The van der Waals surface area contributed by atoms with Gasteiger partial charge in [0.15, 0.2) is 9.84 Å². The molecule has 8 nitrogen and oxygen atoms in total. The maximum atomic E-state index is 12.7. The highest BCUT2D eigenvalue weighted by atomic mass is 32.2. The molecule has 1 atom stereocenters. The zero-order valence-electron chi connectivity index (χ0n) is 16.2. The molecule has 1 aromatic carbocycles. The largest absolute Gasteiger partial charge is 0.322 e. The fraction of sp³-hybridized carbons (Fsp3) is 0.611. The summed E-state index contributed by atoms with van der Waals surface area (Å²) < 4.78 is 50.0. The smallest absolute Gasteiger partial charge is 0.321 e. The molecule has 2 saturated heterocycles. The van der Waals surface area contributed by atoms with Crippen LogP contribution in [0.25, 0.3) is 0 Å². The van der Waals surface area contributed by atoms with Gasteiger partial charge < -0.3 is 10.2 Å². The molecule has 0 saturated carbocycles. The summed E-state index contributed by atoms with van der Waals surface area (Å²) in [6.07, 6.45) is 0.950. The van der Waals surface area contributed by atoms with E-state index in [4.69, 9.17) is 0 Å². The van der Waals surface area contributed by atoms with Gasteiger partial charge in [0, 0.05) is 31.9 Å². The van der Waals surface area contributed by atoms with Crippen LogP contribution < -0.4 is 5.32 Å². The second-order valence-electron chi connectivity index (χ2n) is 7.35. The number of nitrogens with one attached hydrogen (secondary N) is 1. The molecule has 1 aromatic rings. The number of para-hydroxylation sites is 1. The molecule has 0 bridgehead atoms. The van der Waals surface area contributed by atoms with E-state index in [0.29, 0.717) is 0 Å². The number of hydrogen-bond acceptors (Lipinski definition) is 5. The Labute approximate surface area is 166 Å². The van der Waals surface area contributed by atoms with Gasteiger partial charge >= 0.3 is 6.03 Å². The summed E-state index contributed by atoms with van der Waals surface area (Å²) >= 11 is 0. The average Bonchev–Trinajstić information content (AvgIpc) is 3.04. The van der Waals surface area contributed by atoms with Crippen molar-refractivity contribution in [3.05, 3.63) is 29.3 Å². The first-order valence-electron chi connectivity index (χ1n) is 9.48. The molecule has 0 spiro atoms. The van der Waals surface area contributed by atoms with Crippen LogP contribution in [0, 0.1) is 6.92 Å². The average molecular weight is 430 g/mol. The number of aryl methyl sites for hydroxylation is 2. The third kappa shape index (κ3) is 4.33. The van der Waals surface area contributed by atoms with Crippen LogP contribution in [0.15, 0.2) is 18.2 Å². The van der Waals surface area contributed by atoms with Crippen LogP contribution in [0.1, 0.15) is 24.5 Å². The number of sulfone groups is 1. The lowest BCUT2D eigenvalue weighted by Gasteiger charge is -2.35. The molecule has 0 aromatic heterocycles. The van der Waals surface area contributed by atoms with Gasteiger partial charge in [0.1, 0.15) is 0 Å². The van der Waals surface area contributed by atoms with Gasteiger partial charge in [-0.05, 0) is 30.9 Å². The zero-order valence-corrected chi connectivity index (χ0v) is 17.9. The van der Waals surface area contributed by atoms with E-state index < -0.39 is 25.1 Å². The maximum Gasteiger partial charge on any atom is 0.321 e. The van der Waals surface area contributed by atoms with Crippen molar-refractivity contribution >= 4 is 31.6 Å². The van der Waals surface area contributed by atoms with Crippen LogP contribution in [0.3, 0.4) is 0 Å². The van der Waals surface area contributed by atoms with Crippen LogP contribution >= 0.6 is 0 Å². The Hall–Kier alpha value is -1.65. The number of amides is 2. The Bertz CT molecular complexity index is 951. The van der Waals surface area contributed by atoms with Gasteiger partial charge in [0.2, 0.25) is 10.0 Å². The monoisotopic (exact) mass is 429 g/mol. The van der Waals surface area contributed by atoms with Crippen molar-refractivity contribution in [3.8, 4) is 0 Å². The van der Waals surface area contributed by atoms with Gasteiger partial charge in [-0.1, -0.05) is 25.1 Å². The highest BCUT2D eigenvalue weighted by Gasteiger charge is 2.41. The molecule has 10 heteroatoms. The van der Waals surface area contributed by atoms with Crippen LogP contribution in [0.2, 0.25) is 0 Å². The number of carbonyl (C=O) groups excluding carboxylic acids is 1. The van der Waals surface area contributed by atoms with Crippen LogP contribution in [0.4, 0.5) is 10.5 Å². The molecule has 3 rings (SSSR count). The highest BCUT2D eigenvalue weighted by molar-refractivity contribution is 7.95. The Morgan fingerprint density at radius 2 is 1.89 bits per heavy atom. The summed E-state index contributed by atoms with van der Waals surface area (Å²) in [4.78, 5) is 14.3. The van der Waals surface area contributed by atoms with Crippen LogP contribution in [-0.4, -0.2) is 75.0 Å². The molecule has 2 heterocycles. The number of anilines is 1. The summed E-state index contributed by atoms with van der Waals surface area (Å²) in [6, 6.07) is 5.62. The van der Waals surface area contributed by atoms with E-state index in [9.17, 15) is 21.6 Å². The minimum Gasteiger partial charge on any atom is -0.322 e. The molecule has 0 aliphatic carbocycles. The molecule has 2 aliphatic rings. The fourth-order valence-electron chi connectivity index (χ4n) is 3.74. The van der Waals surface area contributed by atoms with E-state index in [-0.39, 0.29) is 50.1 Å². The van der Waals surface area contributed by atoms with E-state index in [0.717, 1.165) is 23.2 Å². The zero-order chi connectivity index (χ0) is 20.5. The van der Waals surface area contributed by atoms with Gasteiger partial charge in [0.05, 0.1) is 16.8 Å². The molecular weight excluding hydrogens is 402 g/mol. The molecule has 0 unspecified atom stereocenters. The van der Waals surface area contributed by atoms with Crippen molar-refractivity contribution in [1.82, 2.24) is 9.21 Å². The summed E-state index contributed by atoms with van der Waals surface area (Å²) in [5.41, 5.74) is 2.84. The maximum absolute atomic E-state index is 12.7. The van der Waals surface area contributed by atoms with Gasteiger partial charge in [-0.25, -0.2) is 21.6 Å². The topological polar surface area (TPSA) is 104 Å². The minimum atomic E-state index is -3.66. The minimum absolute atomic E-state index is 0.0740. The number of benzene rings is 1. The number of hydrogen-bond donors (Lipinski definition) is 1. The van der Waals surface area contributed by atoms with Gasteiger partial charge in [0.25, 0.3) is 0 Å². The lowest BCUT2D eigenvalue weighted by Crippen LogP contribution is -2.53. The van der Waals surface area contributed by atoms with Crippen molar-refractivity contribution < 1.29 is 21.6 Å². The number of urea groups is 1. The number of rotatable bonds is 4. The molecule has 28 heavy (non-hydrogen) atoms. The number of nitrogens with zero attached hydrogens (tertiary/aromatic N) is 2. The number of piperazine rings is 1. The fourth-order valence-corrected chi connectivity index (χ4v) is 8.25. The molecule has 2 amide bonds. The van der Waals surface area contributed by atoms with Gasteiger partial charge in [-0.2, -0.15) is 4.31 Å². The molecule has 1 N–H and O–H groups in total. The predicted octanol–water partition coefficient (Wildman–Crippen LogP) is 1.22. The van der Waals surface area contributed by atoms with Crippen LogP contribution in [0.5, 0.6) is 0 Å². The molecule has 0 radical (unpaired) electrons. The third-order valence-corrected chi connectivity index (χ3v) is 9.78. The molecular formula is C18H27N3O5S2. The first kappa shape index (κ1) is 21.1. The van der Waals surface area contributed by atoms with Crippen molar-refractivity contribution in [1.29, 1.82) is 0 Å². The Morgan fingerprint density at radius 1 is 1.21 bits per heavy atom. The Kier molecular flexibility index (Phi) is 6.02. The first-order valence-corrected chi connectivity index (χ1v) is 12.8. The normalized spacial score (nSPS) is 22.9. The quantitative estimate of drug-likeness (QED) is 0.775. The van der Waals surface area contributed by atoms with Crippen molar-refractivity contribution in [3.63, 3.8) is 0 Å². The lowest BCUT2D eigenvalue weighted by molar-refractivity contribution is 0.184. The number of sulfonamides is 1. The van der Waals surface area contributed by atoms with Gasteiger partial charge in [-0.3, -0.25) is 0 Å². The Morgan fingerprint density at radius 3 is 2.46 bits per heavy atom. The van der Waals surface area contributed by atoms with Gasteiger partial charge in [-0.15, -0.1) is 0 Å². The predicted molar refractivity (Wildman–Crippen MR) is 109 cm³/mol. The van der Waals surface area contributed by atoms with Crippen LogP contribution in [-0.2, 0) is 26.3 Å². The highest BCUT2D eigenvalue weighted by Crippen LogP contribution is 2.24. The molecule has 2 aliphatic heterocycles. The summed E-state index contributed by atoms with van der Waals surface area (Å²) in [7, 11) is -6.93. The van der Waals surface area contributed by atoms with Crippen molar-refractivity contribution in [2.75, 3.05) is 43.0 Å². The molecule has 156 valence electrons. The van der Waals surface area contributed by atoms with E-state index in [1.54, 1.807) is 4.90 Å². The number of carbonyl (C=O) groups is 1. The van der Waals surface area contributed by atoms with Crippen molar-refractivity contribution in [2.24, 2.45) is 0 Å². The first-order chi connectivity index (χ1) is 13.1. The van der Waals surface area contributed by atoms with E-state index in [2.05, 4.69) is 5.32 Å². The van der Waals surface area contributed by atoms with E-state index in [1.165, 1.54) is 4.31 Å². The van der Waals surface area contributed by atoms with Crippen molar-refractivity contribution in [2.45, 2.75) is 31.9 Å². The summed E-state index contributed by atoms with van der Waals surface area (Å²) in [6.45, 7) is 4.88. The summed E-state index contributed by atoms with van der Waals surface area (Å²) in [5, 5.41) is 2.09. The lowest BCUT2D eigenvalue weighted by atomic mass is 10.1. The van der Waals surface area contributed by atoms with E-state index >= 15 is 0 Å².